The van der Waals surface area contributed by atoms with Crippen LogP contribution in [0.15, 0.2) is 47.1 Å². The number of hydrogen-bond acceptors (Lipinski definition) is 3. The molecule has 0 amide bonds. The highest BCUT2D eigenvalue weighted by Gasteiger charge is 2.09. The van der Waals surface area contributed by atoms with Gasteiger partial charge in [0.25, 0.3) is 0 Å². The van der Waals surface area contributed by atoms with Crippen molar-refractivity contribution in [1.29, 1.82) is 0 Å². The van der Waals surface area contributed by atoms with Gasteiger partial charge in [0, 0.05) is 15.8 Å². The van der Waals surface area contributed by atoms with Crippen molar-refractivity contribution >= 4 is 28.3 Å². The van der Waals surface area contributed by atoms with Gasteiger partial charge in [0.1, 0.15) is 11.9 Å². The fourth-order valence-electron chi connectivity index (χ4n) is 1.39. The maximum absolute atomic E-state index is 9.78. The summed E-state index contributed by atoms with van der Waals surface area (Å²) in [7, 11) is 0. The van der Waals surface area contributed by atoms with E-state index in [0.717, 1.165) is 9.26 Å². The first-order valence-corrected chi connectivity index (χ1v) is 6.04. The van der Waals surface area contributed by atoms with Crippen molar-refractivity contribution in [2.24, 2.45) is 0 Å². The lowest BCUT2D eigenvalue weighted by Crippen LogP contribution is -2.11. The lowest BCUT2D eigenvalue weighted by molar-refractivity contribution is 0.162. The Morgan fingerprint density at radius 3 is 2.88 bits per heavy atom. The van der Waals surface area contributed by atoms with Gasteiger partial charge in [-0.15, -0.1) is 0 Å². The minimum absolute atomic E-state index is 0.438. The third-order valence-electron chi connectivity index (χ3n) is 2.20. The van der Waals surface area contributed by atoms with Crippen LogP contribution < -0.4 is 5.32 Å². The van der Waals surface area contributed by atoms with Crippen LogP contribution in [0, 0.1) is 3.57 Å². The molecule has 0 aliphatic carbocycles. The van der Waals surface area contributed by atoms with E-state index in [0.29, 0.717) is 12.3 Å². The summed E-state index contributed by atoms with van der Waals surface area (Å²) in [4.78, 5) is 0. The van der Waals surface area contributed by atoms with Crippen molar-refractivity contribution in [3.8, 4) is 0 Å². The number of nitrogens with one attached hydrogen (secondary N) is 1. The highest BCUT2D eigenvalue weighted by Crippen LogP contribution is 2.16. The van der Waals surface area contributed by atoms with Crippen molar-refractivity contribution in [3.63, 3.8) is 0 Å². The second kappa shape index (κ2) is 5.36. The van der Waals surface area contributed by atoms with Crippen molar-refractivity contribution in [3.05, 3.63) is 52.0 Å². The predicted octanol–water partition coefficient (Wildman–Crippen LogP) is 3.03. The number of aliphatic hydroxyl groups is 1. The third kappa shape index (κ3) is 2.99. The average Bonchev–Trinajstić information content (AvgIpc) is 2.79. The molecule has 0 fully saturated rings. The van der Waals surface area contributed by atoms with E-state index in [9.17, 15) is 5.11 Å². The van der Waals surface area contributed by atoms with Gasteiger partial charge < -0.3 is 14.8 Å². The van der Waals surface area contributed by atoms with Crippen LogP contribution in [0.1, 0.15) is 11.9 Å². The first-order chi connectivity index (χ1) is 7.75. The van der Waals surface area contributed by atoms with E-state index in [1.807, 2.05) is 24.3 Å². The van der Waals surface area contributed by atoms with E-state index in [-0.39, 0.29) is 0 Å². The predicted molar refractivity (Wildman–Crippen MR) is 71.3 cm³/mol. The molecule has 0 aliphatic rings. The first-order valence-electron chi connectivity index (χ1n) is 4.96. The minimum Gasteiger partial charge on any atom is -0.467 e. The third-order valence-corrected chi connectivity index (χ3v) is 2.87. The molecule has 84 valence electrons. The Labute approximate surface area is 108 Å². The van der Waals surface area contributed by atoms with Crippen LogP contribution in [0.3, 0.4) is 0 Å². The lowest BCUT2D eigenvalue weighted by Gasteiger charge is -2.10. The second-order valence-electron chi connectivity index (χ2n) is 3.42. The summed E-state index contributed by atoms with van der Waals surface area (Å²) in [5.41, 5.74) is 0.998. The molecular weight excluding hydrogens is 317 g/mol. The van der Waals surface area contributed by atoms with Gasteiger partial charge in [0.15, 0.2) is 0 Å². The van der Waals surface area contributed by atoms with Crippen molar-refractivity contribution < 1.29 is 9.52 Å². The molecule has 0 radical (unpaired) electrons. The number of halogens is 1. The van der Waals surface area contributed by atoms with Gasteiger partial charge in [-0.2, -0.15) is 0 Å². The Balaban J connectivity index is 1.92. The lowest BCUT2D eigenvalue weighted by atomic mass is 10.2. The molecule has 0 bridgehead atoms. The zero-order valence-electron chi connectivity index (χ0n) is 8.56. The van der Waals surface area contributed by atoms with Gasteiger partial charge in [0.05, 0.1) is 6.26 Å². The first kappa shape index (κ1) is 11.5. The highest BCUT2D eigenvalue weighted by molar-refractivity contribution is 14.1. The Morgan fingerprint density at radius 2 is 2.19 bits per heavy atom. The normalized spacial score (nSPS) is 12.4. The van der Waals surface area contributed by atoms with Crippen molar-refractivity contribution in [1.82, 2.24) is 0 Å². The number of hydrogen-bond donors (Lipinski definition) is 2. The molecule has 3 nitrogen and oxygen atoms in total. The van der Waals surface area contributed by atoms with Crippen molar-refractivity contribution in [2.75, 3.05) is 11.9 Å². The van der Waals surface area contributed by atoms with Crippen LogP contribution in [0.5, 0.6) is 0 Å². The number of furan rings is 1. The molecule has 16 heavy (non-hydrogen) atoms. The topological polar surface area (TPSA) is 45.4 Å². The standard InChI is InChI=1S/C12H12INO2/c13-9-3-1-4-10(7-9)14-8-11(15)12-5-2-6-16-12/h1-7,11,14-15H,8H2. The van der Waals surface area contributed by atoms with Gasteiger partial charge in [-0.3, -0.25) is 0 Å². The van der Waals surface area contributed by atoms with Crippen LogP contribution >= 0.6 is 22.6 Å². The van der Waals surface area contributed by atoms with E-state index in [2.05, 4.69) is 27.9 Å². The minimum atomic E-state index is -0.618. The van der Waals surface area contributed by atoms with Crippen LogP contribution in [-0.4, -0.2) is 11.7 Å². The molecule has 2 rings (SSSR count). The molecule has 1 aromatic heterocycles. The smallest absolute Gasteiger partial charge is 0.134 e. The zero-order valence-corrected chi connectivity index (χ0v) is 10.7. The molecule has 1 atom stereocenters. The molecule has 2 N–H and O–H groups in total. The van der Waals surface area contributed by atoms with Crippen LogP contribution in [0.25, 0.3) is 0 Å². The maximum atomic E-state index is 9.78. The maximum Gasteiger partial charge on any atom is 0.134 e. The van der Waals surface area contributed by atoms with Gasteiger partial charge in [-0.05, 0) is 52.9 Å². The quantitative estimate of drug-likeness (QED) is 0.848. The molecule has 1 heterocycles. The fourth-order valence-corrected chi connectivity index (χ4v) is 1.94. The average molecular weight is 329 g/mol. The molecule has 0 saturated heterocycles. The summed E-state index contributed by atoms with van der Waals surface area (Å²) in [6.45, 7) is 0.438. The molecule has 1 unspecified atom stereocenters. The van der Waals surface area contributed by atoms with Gasteiger partial charge >= 0.3 is 0 Å². The zero-order chi connectivity index (χ0) is 11.4. The fraction of sp³-hybridized carbons (Fsp3) is 0.167. The summed E-state index contributed by atoms with van der Waals surface area (Å²) in [5, 5.41) is 12.9. The summed E-state index contributed by atoms with van der Waals surface area (Å²) in [6, 6.07) is 11.5. The number of aliphatic hydroxyl groups excluding tert-OH is 1. The Bertz CT molecular complexity index is 442. The van der Waals surface area contributed by atoms with Crippen LogP contribution in [-0.2, 0) is 0 Å². The number of rotatable bonds is 4. The monoisotopic (exact) mass is 329 g/mol. The van der Waals surface area contributed by atoms with Gasteiger partial charge in [0.2, 0.25) is 0 Å². The summed E-state index contributed by atoms with van der Waals surface area (Å²) in [6.07, 6.45) is 0.942. The second-order valence-corrected chi connectivity index (χ2v) is 4.67. The highest BCUT2D eigenvalue weighted by atomic mass is 127. The molecular formula is C12H12INO2. The Kier molecular flexibility index (Phi) is 3.84. The molecule has 2 aromatic rings. The summed E-state index contributed by atoms with van der Waals surface area (Å²) < 4.78 is 6.28. The largest absolute Gasteiger partial charge is 0.467 e. The van der Waals surface area contributed by atoms with Gasteiger partial charge in [-0.25, -0.2) is 0 Å². The number of benzene rings is 1. The number of anilines is 1. The van der Waals surface area contributed by atoms with E-state index >= 15 is 0 Å². The molecule has 0 spiro atoms. The molecule has 1 aromatic carbocycles. The van der Waals surface area contributed by atoms with Crippen LogP contribution in [0.2, 0.25) is 0 Å². The SMILES string of the molecule is OC(CNc1cccc(I)c1)c1ccco1. The summed E-state index contributed by atoms with van der Waals surface area (Å²) in [5.74, 6) is 0.582. The van der Waals surface area contributed by atoms with Crippen molar-refractivity contribution in [2.45, 2.75) is 6.10 Å². The van der Waals surface area contributed by atoms with E-state index in [1.54, 1.807) is 18.4 Å². The molecule has 0 saturated carbocycles. The van der Waals surface area contributed by atoms with E-state index in [1.165, 1.54) is 0 Å². The Morgan fingerprint density at radius 1 is 1.31 bits per heavy atom. The van der Waals surface area contributed by atoms with Gasteiger partial charge in [-0.1, -0.05) is 6.07 Å². The molecule has 4 heteroatoms. The van der Waals surface area contributed by atoms with Crippen LogP contribution in [0.4, 0.5) is 5.69 Å². The van der Waals surface area contributed by atoms with E-state index in [4.69, 9.17) is 4.42 Å². The molecule has 0 aliphatic heterocycles. The Hall–Kier alpha value is -1.01. The van der Waals surface area contributed by atoms with E-state index < -0.39 is 6.10 Å². The summed E-state index contributed by atoms with van der Waals surface area (Å²) >= 11 is 2.25.